The Morgan fingerprint density at radius 2 is 1.04 bits per heavy atom. The molecule has 2 aromatic rings. The van der Waals surface area contributed by atoms with E-state index in [1.807, 2.05) is 60.7 Å². The van der Waals surface area contributed by atoms with E-state index in [0.29, 0.717) is 9.98 Å². The van der Waals surface area contributed by atoms with Crippen LogP contribution in [-0.2, 0) is 0 Å². The maximum absolute atomic E-state index is 12.0. The third-order valence-corrected chi connectivity index (χ3v) is 4.44. The molecule has 0 aliphatic carbocycles. The van der Waals surface area contributed by atoms with Crippen molar-refractivity contribution in [3.63, 3.8) is 0 Å². The van der Waals surface area contributed by atoms with Gasteiger partial charge in [0.25, 0.3) is 0 Å². The fraction of sp³-hybridized carbons (Fsp3) is 0.111. The largest absolute Gasteiger partial charge is 0.341 e. The first-order valence-corrected chi connectivity index (χ1v) is 8.74. The molecule has 2 rings (SSSR count). The lowest BCUT2D eigenvalue weighted by atomic mass is 10.2. The summed E-state index contributed by atoms with van der Waals surface area (Å²) in [5.74, 6) is 0. The standard InChI is InChI=1S/C18H19N5O2S2/c1-22(15(26)13-9-5-3-6-10-13)20-17(24)19-18(25)21-23(2)16(27)14-11-7-4-8-12-14/h3-12H,1-2H3,(H3,19,20,21,24,25). The lowest BCUT2D eigenvalue weighted by Crippen LogP contribution is -2.54. The summed E-state index contributed by atoms with van der Waals surface area (Å²) < 4.78 is 0. The highest BCUT2D eigenvalue weighted by atomic mass is 32.1. The molecule has 0 saturated carbocycles. The van der Waals surface area contributed by atoms with E-state index >= 15 is 0 Å². The zero-order chi connectivity index (χ0) is 19.8. The molecule has 3 N–H and O–H groups in total. The lowest BCUT2D eigenvalue weighted by molar-refractivity contribution is 0.209. The third kappa shape index (κ3) is 6.01. The van der Waals surface area contributed by atoms with Crippen molar-refractivity contribution in [3.05, 3.63) is 71.8 Å². The summed E-state index contributed by atoms with van der Waals surface area (Å²) in [5, 5.41) is 4.86. The quantitative estimate of drug-likeness (QED) is 0.530. The number of rotatable bonds is 2. The van der Waals surface area contributed by atoms with Crippen molar-refractivity contribution in [2.75, 3.05) is 14.1 Å². The molecular weight excluding hydrogens is 382 g/mol. The Morgan fingerprint density at radius 1 is 0.704 bits per heavy atom. The van der Waals surface area contributed by atoms with Gasteiger partial charge in [0.05, 0.1) is 0 Å². The van der Waals surface area contributed by atoms with Crippen LogP contribution in [0.3, 0.4) is 0 Å². The zero-order valence-corrected chi connectivity index (χ0v) is 16.4. The molecule has 0 heterocycles. The lowest BCUT2D eigenvalue weighted by Gasteiger charge is -2.23. The molecule has 27 heavy (non-hydrogen) atoms. The number of benzene rings is 2. The molecule has 4 amide bonds. The highest BCUT2D eigenvalue weighted by Crippen LogP contribution is 2.04. The van der Waals surface area contributed by atoms with Crippen molar-refractivity contribution < 1.29 is 9.59 Å². The molecule has 0 fully saturated rings. The summed E-state index contributed by atoms with van der Waals surface area (Å²) in [6, 6.07) is 16.9. The van der Waals surface area contributed by atoms with Crippen LogP contribution in [0.25, 0.3) is 0 Å². The van der Waals surface area contributed by atoms with Gasteiger partial charge in [0.2, 0.25) is 0 Å². The summed E-state index contributed by atoms with van der Waals surface area (Å²) in [6.07, 6.45) is 0. The van der Waals surface area contributed by atoms with E-state index in [4.69, 9.17) is 24.4 Å². The Morgan fingerprint density at radius 3 is 1.37 bits per heavy atom. The number of urea groups is 2. The van der Waals surface area contributed by atoms with Gasteiger partial charge in [-0.05, 0) is 0 Å². The fourth-order valence-corrected chi connectivity index (χ4v) is 2.48. The Bertz CT molecular complexity index is 761. The van der Waals surface area contributed by atoms with Crippen molar-refractivity contribution >= 4 is 46.5 Å². The van der Waals surface area contributed by atoms with Crippen LogP contribution >= 0.6 is 24.4 Å². The molecule has 0 saturated heterocycles. The van der Waals surface area contributed by atoms with Crippen LogP contribution in [0.15, 0.2) is 60.7 Å². The average Bonchev–Trinajstić information content (AvgIpc) is 2.67. The number of nitrogens with one attached hydrogen (secondary N) is 3. The van der Waals surface area contributed by atoms with Crippen molar-refractivity contribution in [1.82, 2.24) is 26.2 Å². The van der Waals surface area contributed by atoms with E-state index in [-0.39, 0.29) is 0 Å². The molecule has 0 aromatic heterocycles. The number of thiocarbonyl (C=S) groups is 2. The molecule has 0 unspecified atom stereocenters. The number of amides is 4. The van der Waals surface area contributed by atoms with Crippen molar-refractivity contribution in [3.8, 4) is 0 Å². The number of hydrogen-bond acceptors (Lipinski definition) is 4. The number of carbonyl (C=O) groups excluding carboxylic acids is 2. The molecule has 0 bridgehead atoms. The van der Waals surface area contributed by atoms with E-state index in [9.17, 15) is 9.59 Å². The summed E-state index contributed by atoms with van der Waals surface area (Å²) in [4.78, 5) is 24.8. The van der Waals surface area contributed by atoms with Gasteiger partial charge < -0.3 is 0 Å². The van der Waals surface area contributed by atoms with Crippen LogP contribution in [0.5, 0.6) is 0 Å². The first-order chi connectivity index (χ1) is 12.9. The molecule has 0 aliphatic rings. The van der Waals surface area contributed by atoms with Crippen molar-refractivity contribution in [2.45, 2.75) is 0 Å². The predicted molar refractivity (Wildman–Crippen MR) is 112 cm³/mol. The minimum atomic E-state index is -0.729. The molecule has 140 valence electrons. The summed E-state index contributed by atoms with van der Waals surface area (Å²) >= 11 is 10.6. The molecular formula is C18H19N5O2S2. The molecule has 9 heteroatoms. The second-order valence-corrected chi connectivity index (χ2v) is 6.24. The average molecular weight is 402 g/mol. The van der Waals surface area contributed by atoms with Crippen LogP contribution in [0.1, 0.15) is 11.1 Å². The molecule has 2 aromatic carbocycles. The number of hydrazine groups is 2. The van der Waals surface area contributed by atoms with Gasteiger partial charge in [-0.25, -0.2) is 20.4 Å². The maximum atomic E-state index is 12.0. The highest BCUT2D eigenvalue weighted by molar-refractivity contribution is 7.80. The fourth-order valence-electron chi connectivity index (χ4n) is 2.11. The van der Waals surface area contributed by atoms with Gasteiger partial charge in [-0.3, -0.25) is 15.3 Å². The van der Waals surface area contributed by atoms with Crippen LogP contribution in [0.2, 0.25) is 0 Å². The maximum Gasteiger partial charge on any atom is 0.341 e. The normalized spacial score (nSPS) is 9.70. The zero-order valence-electron chi connectivity index (χ0n) is 14.8. The number of hydrogen-bond donors (Lipinski definition) is 3. The van der Waals surface area contributed by atoms with Crippen LogP contribution in [0.4, 0.5) is 9.59 Å². The number of nitrogens with zero attached hydrogens (tertiary/aromatic N) is 2. The molecule has 0 radical (unpaired) electrons. The van der Waals surface area contributed by atoms with Crippen molar-refractivity contribution in [2.24, 2.45) is 0 Å². The van der Waals surface area contributed by atoms with Gasteiger partial charge in [-0.15, -0.1) is 0 Å². The van der Waals surface area contributed by atoms with Crippen molar-refractivity contribution in [1.29, 1.82) is 0 Å². The smallest absolute Gasteiger partial charge is 0.276 e. The Labute approximate surface area is 168 Å². The summed E-state index contributed by atoms with van der Waals surface area (Å²) in [7, 11) is 3.17. The topological polar surface area (TPSA) is 76.7 Å². The number of carbonyl (C=O) groups is 2. The second-order valence-electron chi connectivity index (χ2n) is 5.47. The first kappa shape index (κ1) is 20.3. The SMILES string of the molecule is CN(NC(=O)NC(=O)NN(C)C(=S)c1ccccc1)C(=S)c1ccccc1. The van der Waals surface area contributed by atoms with Gasteiger partial charge >= 0.3 is 12.1 Å². The number of imide groups is 1. The van der Waals surface area contributed by atoms with Gasteiger partial charge in [0.1, 0.15) is 9.98 Å². The van der Waals surface area contributed by atoms with Gasteiger partial charge in [-0.1, -0.05) is 85.1 Å². The summed E-state index contributed by atoms with van der Waals surface area (Å²) in [6.45, 7) is 0. The van der Waals surface area contributed by atoms with Crippen LogP contribution < -0.4 is 16.2 Å². The van der Waals surface area contributed by atoms with E-state index in [0.717, 1.165) is 11.1 Å². The Hall–Kier alpha value is -3.04. The third-order valence-electron chi connectivity index (χ3n) is 3.42. The van der Waals surface area contributed by atoms with E-state index in [1.54, 1.807) is 14.1 Å². The molecule has 0 aliphatic heterocycles. The Kier molecular flexibility index (Phi) is 7.21. The molecule has 7 nitrogen and oxygen atoms in total. The summed E-state index contributed by atoms with van der Waals surface area (Å²) in [5.41, 5.74) is 6.49. The van der Waals surface area contributed by atoms with Gasteiger partial charge in [0.15, 0.2) is 0 Å². The van der Waals surface area contributed by atoms with E-state index < -0.39 is 12.1 Å². The second kappa shape index (κ2) is 9.60. The monoisotopic (exact) mass is 401 g/mol. The van der Waals surface area contributed by atoms with Crippen LogP contribution in [0, 0.1) is 0 Å². The predicted octanol–water partition coefficient (Wildman–Crippen LogP) is 2.44. The van der Waals surface area contributed by atoms with E-state index in [2.05, 4.69) is 16.2 Å². The Balaban J connectivity index is 1.83. The van der Waals surface area contributed by atoms with Crippen LogP contribution in [-0.4, -0.2) is 46.2 Å². The first-order valence-electron chi connectivity index (χ1n) is 7.93. The van der Waals surface area contributed by atoms with E-state index in [1.165, 1.54) is 10.0 Å². The highest BCUT2D eigenvalue weighted by Gasteiger charge is 2.15. The molecule has 0 atom stereocenters. The van der Waals surface area contributed by atoms with Gasteiger partial charge in [0, 0.05) is 25.2 Å². The minimum absolute atomic E-state index is 0.411. The molecule has 0 spiro atoms. The minimum Gasteiger partial charge on any atom is -0.276 e. The van der Waals surface area contributed by atoms with Gasteiger partial charge in [-0.2, -0.15) is 0 Å².